The van der Waals surface area contributed by atoms with Crippen molar-refractivity contribution < 1.29 is 20.1 Å². The van der Waals surface area contributed by atoms with E-state index < -0.39 is 5.54 Å². The van der Waals surface area contributed by atoms with Crippen LogP contribution in [0.3, 0.4) is 0 Å². The molecule has 0 heterocycles. The van der Waals surface area contributed by atoms with E-state index in [0.717, 1.165) is 23.1 Å². The molecule has 148 valence electrons. The van der Waals surface area contributed by atoms with E-state index >= 15 is 0 Å². The van der Waals surface area contributed by atoms with Gasteiger partial charge in [0.15, 0.2) is 0 Å². The smallest absolute Gasteiger partial charge is 0.221 e. The number of hydrogen-bond donors (Lipinski definition) is 4. The Morgan fingerprint density at radius 3 is 2.15 bits per heavy atom. The van der Waals surface area contributed by atoms with Crippen LogP contribution in [0.1, 0.15) is 76.5 Å². The third-order valence-corrected chi connectivity index (χ3v) is 5.21. The van der Waals surface area contributed by atoms with Gasteiger partial charge < -0.3 is 20.6 Å². The lowest BCUT2D eigenvalue weighted by Crippen LogP contribution is -2.54. The Morgan fingerprint density at radius 2 is 1.73 bits per heavy atom. The molecule has 26 heavy (non-hydrogen) atoms. The summed E-state index contributed by atoms with van der Waals surface area (Å²) in [6.07, 6.45) is 1.50. The lowest BCUT2D eigenvalue weighted by molar-refractivity contribution is -0.124. The van der Waals surface area contributed by atoms with Crippen LogP contribution in [-0.4, -0.2) is 40.0 Å². The average Bonchev–Trinajstić information content (AvgIpc) is 2.59. The van der Waals surface area contributed by atoms with Crippen LogP contribution in [0.15, 0.2) is 12.1 Å². The second-order valence-corrected chi connectivity index (χ2v) is 8.29. The Labute approximate surface area is 157 Å². The molecule has 1 atom stereocenters. The first-order valence-electron chi connectivity index (χ1n) is 9.40. The minimum atomic E-state index is -0.975. The summed E-state index contributed by atoms with van der Waals surface area (Å²) in [6, 6.07) is 3.94. The van der Waals surface area contributed by atoms with Gasteiger partial charge in [0.05, 0.1) is 18.8 Å². The molecule has 0 aliphatic carbocycles. The van der Waals surface area contributed by atoms with Gasteiger partial charge in [-0.15, -0.1) is 0 Å². The molecule has 1 aromatic carbocycles. The van der Waals surface area contributed by atoms with Gasteiger partial charge in [-0.3, -0.25) is 4.79 Å². The number of hydrogen-bond acceptors (Lipinski definition) is 4. The van der Waals surface area contributed by atoms with Gasteiger partial charge in [-0.05, 0) is 47.8 Å². The first-order valence-corrected chi connectivity index (χ1v) is 9.40. The number of phenols is 1. The van der Waals surface area contributed by atoms with E-state index in [9.17, 15) is 20.1 Å². The van der Waals surface area contributed by atoms with Crippen molar-refractivity contribution >= 4 is 5.91 Å². The molecular formula is C21H35NO4. The topological polar surface area (TPSA) is 89.8 Å². The van der Waals surface area contributed by atoms with Crippen molar-refractivity contribution in [2.45, 2.75) is 77.7 Å². The van der Waals surface area contributed by atoms with E-state index in [1.165, 1.54) is 0 Å². The number of carbonyl (C=O) groups is 1. The molecule has 1 rings (SSSR count). The zero-order valence-corrected chi connectivity index (χ0v) is 17.0. The van der Waals surface area contributed by atoms with Crippen LogP contribution < -0.4 is 5.32 Å². The molecule has 1 unspecified atom stereocenters. The number of aryl methyl sites for hydroxylation is 1. The maximum Gasteiger partial charge on any atom is 0.221 e. The number of rotatable bonds is 8. The molecule has 1 amide bonds. The van der Waals surface area contributed by atoms with Gasteiger partial charge in [0.1, 0.15) is 5.75 Å². The second-order valence-electron chi connectivity index (χ2n) is 8.29. The molecular weight excluding hydrogens is 330 g/mol. The van der Waals surface area contributed by atoms with Gasteiger partial charge in [0.25, 0.3) is 0 Å². The summed E-state index contributed by atoms with van der Waals surface area (Å²) in [4.78, 5) is 12.5. The van der Waals surface area contributed by atoms with Gasteiger partial charge in [-0.2, -0.15) is 0 Å². The van der Waals surface area contributed by atoms with E-state index in [1.807, 2.05) is 32.9 Å². The maximum atomic E-state index is 12.5. The largest absolute Gasteiger partial charge is 0.507 e. The summed E-state index contributed by atoms with van der Waals surface area (Å²) in [5.41, 5.74) is 1.53. The Bertz CT molecular complexity index is 607. The number of carbonyl (C=O) groups excluding carboxylic acids is 1. The quantitative estimate of drug-likeness (QED) is 0.570. The predicted octanol–water partition coefficient (Wildman–Crippen LogP) is 3.13. The first-order chi connectivity index (χ1) is 12.0. The highest BCUT2D eigenvalue weighted by molar-refractivity contribution is 5.78. The third kappa shape index (κ3) is 5.21. The fourth-order valence-corrected chi connectivity index (χ4v) is 3.12. The summed E-state index contributed by atoms with van der Waals surface area (Å²) in [5.74, 6) is 0.123. The van der Waals surface area contributed by atoms with Crippen LogP contribution in [0.25, 0.3) is 0 Å². The van der Waals surface area contributed by atoms with Crippen molar-refractivity contribution in [1.29, 1.82) is 0 Å². The van der Waals surface area contributed by atoms with Gasteiger partial charge in [-0.25, -0.2) is 0 Å². The van der Waals surface area contributed by atoms with Crippen molar-refractivity contribution in [3.05, 3.63) is 28.8 Å². The lowest BCUT2D eigenvalue weighted by Gasteiger charge is -2.30. The monoisotopic (exact) mass is 365 g/mol. The van der Waals surface area contributed by atoms with Crippen molar-refractivity contribution in [2.24, 2.45) is 0 Å². The Kier molecular flexibility index (Phi) is 7.66. The van der Waals surface area contributed by atoms with E-state index in [4.69, 9.17) is 0 Å². The van der Waals surface area contributed by atoms with Gasteiger partial charge in [0, 0.05) is 6.42 Å². The third-order valence-electron chi connectivity index (χ3n) is 5.21. The SMILES string of the molecule is CCC(CC(=O)NC(CC)(CO)CO)c1cc(C)c(O)c(C(C)(C)C)c1. The van der Waals surface area contributed by atoms with Gasteiger partial charge >= 0.3 is 0 Å². The van der Waals surface area contributed by atoms with Crippen LogP contribution in [0.5, 0.6) is 5.75 Å². The number of benzene rings is 1. The molecule has 0 saturated carbocycles. The number of amides is 1. The summed E-state index contributed by atoms with van der Waals surface area (Å²) >= 11 is 0. The minimum Gasteiger partial charge on any atom is -0.507 e. The van der Waals surface area contributed by atoms with Gasteiger partial charge in [0.2, 0.25) is 5.91 Å². The fraction of sp³-hybridized carbons (Fsp3) is 0.667. The van der Waals surface area contributed by atoms with E-state index in [-0.39, 0.29) is 36.9 Å². The zero-order valence-electron chi connectivity index (χ0n) is 17.0. The number of phenolic OH excluding ortho intramolecular Hbond substituents is 1. The molecule has 5 nitrogen and oxygen atoms in total. The average molecular weight is 366 g/mol. The standard InChI is InChI=1S/C21H35NO4/c1-7-15(11-18(25)22-21(8-2,12-23)13-24)16-9-14(3)19(26)17(10-16)20(4,5)6/h9-10,15,23-24,26H,7-8,11-13H2,1-6H3,(H,22,25). The predicted molar refractivity (Wildman–Crippen MR) is 105 cm³/mol. The van der Waals surface area contributed by atoms with Crippen LogP contribution >= 0.6 is 0 Å². The van der Waals surface area contributed by atoms with E-state index in [2.05, 4.69) is 26.1 Å². The number of aliphatic hydroxyl groups is 2. The molecule has 4 N–H and O–H groups in total. The number of aromatic hydroxyl groups is 1. The lowest BCUT2D eigenvalue weighted by atomic mass is 9.81. The van der Waals surface area contributed by atoms with Crippen molar-refractivity contribution in [3.8, 4) is 5.75 Å². The van der Waals surface area contributed by atoms with Crippen molar-refractivity contribution in [3.63, 3.8) is 0 Å². The summed E-state index contributed by atoms with van der Waals surface area (Å²) in [6.45, 7) is 11.3. The summed E-state index contributed by atoms with van der Waals surface area (Å²) in [7, 11) is 0. The molecule has 0 aromatic heterocycles. The summed E-state index contributed by atoms with van der Waals surface area (Å²) in [5, 5.41) is 32.3. The Hall–Kier alpha value is -1.59. The zero-order chi connectivity index (χ0) is 20.1. The highest BCUT2D eigenvalue weighted by atomic mass is 16.3. The molecule has 0 bridgehead atoms. The molecule has 0 saturated heterocycles. The molecule has 0 spiro atoms. The normalized spacial score (nSPS) is 13.5. The van der Waals surface area contributed by atoms with E-state index in [0.29, 0.717) is 12.2 Å². The number of aliphatic hydroxyl groups excluding tert-OH is 2. The number of nitrogens with one attached hydrogen (secondary N) is 1. The van der Waals surface area contributed by atoms with Crippen LogP contribution in [0.4, 0.5) is 0 Å². The molecule has 5 heteroatoms. The minimum absolute atomic E-state index is 0.00217. The van der Waals surface area contributed by atoms with Crippen LogP contribution in [-0.2, 0) is 10.2 Å². The molecule has 0 fully saturated rings. The summed E-state index contributed by atoms with van der Waals surface area (Å²) < 4.78 is 0. The Morgan fingerprint density at radius 1 is 1.15 bits per heavy atom. The second kappa shape index (κ2) is 8.87. The van der Waals surface area contributed by atoms with Crippen molar-refractivity contribution in [1.82, 2.24) is 5.32 Å². The molecule has 0 aliphatic rings. The van der Waals surface area contributed by atoms with Crippen LogP contribution in [0, 0.1) is 6.92 Å². The highest BCUT2D eigenvalue weighted by Crippen LogP contribution is 2.37. The first kappa shape index (κ1) is 22.5. The van der Waals surface area contributed by atoms with Crippen LogP contribution in [0.2, 0.25) is 0 Å². The van der Waals surface area contributed by atoms with E-state index in [1.54, 1.807) is 0 Å². The maximum absolute atomic E-state index is 12.5. The highest BCUT2D eigenvalue weighted by Gasteiger charge is 2.30. The van der Waals surface area contributed by atoms with Gasteiger partial charge in [-0.1, -0.05) is 46.8 Å². The fourth-order valence-electron chi connectivity index (χ4n) is 3.12. The molecule has 1 aromatic rings. The van der Waals surface area contributed by atoms with Crippen molar-refractivity contribution in [2.75, 3.05) is 13.2 Å². The molecule has 0 radical (unpaired) electrons. The Balaban J connectivity index is 3.10. The molecule has 0 aliphatic heterocycles.